The molecule has 4 amide bonds. The van der Waals surface area contributed by atoms with E-state index in [-0.39, 0.29) is 11.3 Å². The first-order chi connectivity index (χ1) is 14.0. The molecular weight excluding hydrogens is 410 g/mol. The number of rotatable bonds is 6. The van der Waals surface area contributed by atoms with Crippen LogP contribution in [-0.2, 0) is 21.7 Å². The molecule has 0 saturated carbocycles. The Kier molecular flexibility index (Phi) is 5.55. The van der Waals surface area contributed by atoms with Gasteiger partial charge in [0, 0.05) is 0 Å². The minimum absolute atomic E-state index is 0.112. The van der Waals surface area contributed by atoms with Crippen LogP contribution in [0.2, 0.25) is 0 Å². The lowest BCUT2D eigenvalue weighted by atomic mass is 9.92. The molecule has 1 aromatic carbocycles. The highest BCUT2D eigenvalue weighted by Gasteiger charge is 2.50. The summed E-state index contributed by atoms with van der Waals surface area (Å²) in [6, 6.07) is 6.71. The van der Waals surface area contributed by atoms with Gasteiger partial charge in [0.2, 0.25) is 5.91 Å². The van der Waals surface area contributed by atoms with Crippen molar-refractivity contribution < 1.29 is 36.4 Å². The van der Waals surface area contributed by atoms with E-state index in [1.807, 2.05) is 0 Å². The van der Waals surface area contributed by atoms with Gasteiger partial charge in [0.05, 0.1) is 12.8 Å². The van der Waals surface area contributed by atoms with Gasteiger partial charge in [-0.3, -0.25) is 14.5 Å². The maximum absolute atomic E-state index is 13.2. The van der Waals surface area contributed by atoms with Gasteiger partial charge in [-0.15, -0.1) is 0 Å². The Bertz CT molecular complexity index is 944. The number of hydrogen-bond donors (Lipinski definition) is 1. The Balaban J connectivity index is 1.79. The van der Waals surface area contributed by atoms with Gasteiger partial charge in [0.25, 0.3) is 5.91 Å². The average molecular weight is 427 g/mol. The maximum Gasteiger partial charge on any atom is 0.406 e. The zero-order valence-corrected chi connectivity index (χ0v) is 15.7. The smallest absolute Gasteiger partial charge is 0.406 e. The normalized spacial score (nSPS) is 19.2. The molecule has 2 aromatic rings. The topological polar surface area (TPSA) is 82.9 Å². The molecule has 1 aromatic heterocycles. The van der Waals surface area contributed by atoms with E-state index in [1.54, 1.807) is 0 Å². The number of amides is 4. The molecule has 1 N–H and O–H groups in total. The first-order valence-corrected chi connectivity index (χ1v) is 8.77. The van der Waals surface area contributed by atoms with Crippen molar-refractivity contribution in [3.05, 3.63) is 59.8 Å². The van der Waals surface area contributed by atoms with Gasteiger partial charge >= 0.3 is 12.2 Å². The number of hydrogen-bond acceptors (Lipinski definition) is 4. The molecule has 11 heteroatoms. The predicted molar refractivity (Wildman–Crippen MR) is 94.2 cm³/mol. The van der Waals surface area contributed by atoms with Crippen LogP contribution in [0.3, 0.4) is 0 Å². The summed E-state index contributed by atoms with van der Waals surface area (Å²) in [6.07, 6.45) is -3.45. The third-order valence-corrected chi connectivity index (χ3v) is 4.64. The van der Waals surface area contributed by atoms with E-state index in [4.69, 9.17) is 4.42 Å². The molecule has 0 aliphatic carbocycles. The number of benzene rings is 1. The zero-order valence-electron chi connectivity index (χ0n) is 15.7. The van der Waals surface area contributed by atoms with Gasteiger partial charge < -0.3 is 14.6 Å². The SMILES string of the molecule is CC1(c2ccc(F)cc2)NC(=O)N(CC(=O)N(Cc2ccco2)CC(F)(F)F)C1=O. The van der Waals surface area contributed by atoms with Crippen LogP contribution in [0.1, 0.15) is 18.2 Å². The van der Waals surface area contributed by atoms with Crippen molar-refractivity contribution in [1.29, 1.82) is 0 Å². The van der Waals surface area contributed by atoms with Crippen LogP contribution in [0.25, 0.3) is 0 Å². The van der Waals surface area contributed by atoms with Gasteiger partial charge in [-0.25, -0.2) is 9.18 Å². The lowest BCUT2D eigenvalue weighted by Crippen LogP contribution is -2.46. The Hall–Kier alpha value is -3.37. The largest absolute Gasteiger partial charge is 0.467 e. The molecule has 1 fully saturated rings. The number of urea groups is 1. The lowest BCUT2D eigenvalue weighted by Gasteiger charge is -2.25. The van der Waals surface area contributed by atoms with Crippen LogP contribution in [0.5, 0.6) is 0 Å². The molecule has 2 heterocycles. The molecule has 160 valence electrons. The van der Waals surface area contributed by atoms with Crippen LogP contribution < -0.4 is 5.32 Å². The molecule has 1 atom stereocenters. The summed E-state index contributed by atoms with van der Waals surface area (Å²) in [7, 11) is 0. The number of imide groups is 1. The first kappa shape index (κ1) is 21.3. The van der Waals surface area contributed by atoms with Crippen molar-refractivity contribution in [1.82, 2.24) is 15.1 Å². The second-order valence-electron chi connectivity index (χ2n) is 6.90. The van der Waals surface area contributed by atoms with Crippen LogP contribution in [-0.4, -0.2) is 46.9 Å². The van der Waals surface area contributed by atoms with Gasteiger partial charge in [0.15, 0.2) is 0 Å². The van der Waals surface area contributed by atoms with E-state index >= 15 is 0 Å². The van der Waals surface area contributed by atoms with Crippen LogP contribution >= 0.6 is 0 Å². The van der Waals surface area contributed by atoms with E-state index in [9.17, 15) is 31.9 Å². The van der Waals surface area contributed by atoms with Crippen molar-refractivity contribution >= 4 is 17.8 Å². The van der Waals surface area contributed by atoms with Crippen molar-refractivity contribution in [3.63, 3.8) is 0 Å². The van der Waals surface area contributed by atoms with E-state index in [2.05, 4.69) is 5.32 Å². The molecule has 7 nitrogen and oxygen atoms in total. The Morgan fingerprint density at radius 2 is 1.87 bits per heavy atom. The third-order valence-electron chi connectivity index (χ3n) is 4.64. The Morgan fingerprint density at radius 1 is 1.20 bits per heavy atom. The zero-order chi connectivity index (χ0) is 22.1. The van der Waals surface area contributed by atoms with Crippen molar-refractivity contribution in [3.8, 4) is 0 Å². The second-order valence-corrected chi connectivity index (χ2v) is 6.90. The second kappa shape index (κ2) is 7.81. The summed E-state index contributed by atoms with van der Waals surface area (Å²) in [4.78, 5) is 38.7. The third kappa shape index (κ3) is 4.44. The number of alkyl halides is 3. The minimum atomic E-state index is -4.69. The van der Waals surface area contributed by atoms with Gasteiger partial charge in [-0.05, 0) is 36.8 Å². The summed E-state index contributed by atoms with van der Waals surface area (Å²) in [5.41, 5.74) is -1.32. The molecular formula is C19H17F4N3O4. The highest BCUT2D eigenvalue weighted by atomic mass is 19.4. The summed E-state index contributed by atoms with van der Waals surface area (Å²) < 4.78 is 56.9. The molecule has 1 unspecified atom stereocenters. The number of halogens is 4. The summed E-state index contributed by atoms with van der Waals surface area (Å²) in [5.74, 6) is -2.36. The molecule has 1 aliphatic rings. The molecule has 0 spiro atoms. The molecule has 1 aliphatic heterocycles. The maximum atomic E-state index is 13.2. The van der Waals surface area contributed by atoms with Crippen molar-refractivity contribution in [2.45, 2.75) is 25.2 Å². The monoisotopic (exact) mass is 427 g/mol. The van der Waals surface area contributed by atoms with Gasteiger partial charge in [-0.1, -0.05) is 12.1 Å². The van der Waals surface area contributed by atoms with Crippen molar-refractivity contribution in [2.24, 2.45) is 0 Å². The quantitative estimate of drug-likeness (QED) is 0.568. The fourth-order valence-corrected chi connectivity index (χ4v) is 3.09. The number of furan rings is 1. The highest BCUT2D eigenvalue weighted by molar-refractivity contribution is 6.09. The fraction of sp³-hybridized carbons (Fsp3) is 0.316. The number of nitrogens with one attached hydrogen (secondary N) is 1. The molecule has 0 bridgehead atoms. The summed E-state index contributed by atoms with van der Waals surface area (Å²) in [6.45, 7) is -1.59. The summed E-state index contributed by atoms with van der Waals surface area (Å²) >= 11 is 0. The van der Waals surface area contributed by atoms with E-state index in [1.165, 1.54) is 37.5 Å². The van der Waals surface area contributed by atoms with Crippen LogP contribution in [0, 0.1) is 5.82 Å². The van der Waals surface area contributed by atoms with Crippen LogP contribution in [0.4, 0.5) is 22.4 Å². The predicted octanol–water partition coefficient (Wildman–Crippen LogP) is 2.78. The van der Waals surface area contributed by atoms with Crippen molar-refractivity contribution in [2.75, 3.05) is 13.1 Å². The Labute approximate surface area is 168 Å². The Morgan fingerprint density at radius 3 is 2.43 bits per heavy atom. The number of nitrogens with zero attached hydrogens (tertiary/aromatic N) is 2. The molecule has 3 rings (SSSR count). The molecule has 30 heavy (non-hydrogen) atoms. The molecule has 1 saturated heterocycles. The minimum Gasteiger partial charge on any atom is -0.467 e. The number of carbonyl (C=O) groups excluding carboxylic acids is 3. The van der Waals surface area contributed by atoms with Crippen LogP contribution in [0.15, 0.2) is 47.1 Å². The van der Waals surface area contributed by atoms with Gasteiger partial charge in [-0.2, -0.15) is 13.2 Å². The summed E-state index contributed by atoms with van der Waals surface area (Å²) in [5, 5.41) is 2.41. The lowest BCUT2D eigenvalue weighted by molar-refractivity contribution is -0.163. The van der Waals surface area contributed by atoms with E-state index in [0.29, 0.717) is 9.80 Å². The standard InChI is InChI=1S/C19H17F4N3O4/c1-18(12-4-6-13(20)7-5-12)16(28)26(17(29)24-18)10-15(27)25(11-19(21,22)23)9-14-3-2-8-30-14/h2-8H,9-11H2,1H3,(H,24,29). The number of carbonyl (C=O) groups is 3. The first-order valence-electron chi connectivity index (χ1n) is 8.77. The molecule has 0 radical (unpaired) electrons. The fourth-order valence-electron chi connectivity index (χ4n) is 3.09. The highest BCUT2D eigenvalue weighted by Crippen LogP contribution is 2.29. The van der Waals surface area contributed by atoms with Gasteiger partial charge in [0.1, 0.15) is 30.2 Å². The average Bonchev–Trinajstić information content (AvgIpc) is 3.23. The van der Waals surface area contributed by atoms with E-state index < -0.39 is 55.0 Å². The van der Waals surface area contributed by atoms with E-state index in [0.717, 1.165) is 12.1 Å².